The summed E-state index contributed by atoms with van der Waals surface area (Å²) in [7, 11) is 0. The highest BCUT2D eigenvalue weighted by atomic mass is 16.6. The van der Waals surface area contributed by atoms with Crippen LogP contribution in [0.3, 0.4) is 0 Å². The highest BCUT2D eigenvalue weighted by Crippen LogP contribution is 2.38. The van der Waals surface area contributed by atoms with Crippen LogP contribution in [0.5, 0.6) is 11.5 Å². The second-order valence-corrected chi connectivity index (χ2v) is 5.26. The molecule has 0 spiro atoms. The average Bonchev–Trinajstić information content (AvgIpc) is 2.57. The normalized spacial score (nSPS) is 10.2. The minimum absolute atomic E-state index is 0.0579. The van der Waals surface area contributed by atoms with Gasteiger partial charge in [-0.15, -0.1) is 0 Å². The van der Waals surface area contributed by atoms with Crippen molar-refractivity contribution in [2.75, 3.05) is 18.5 Å². The summed E-state index contributed by atoms with van der Waals surface area (Å²) in [5, 5.41) is 13.9. The highest BCUT2D eigenvalue weighted by Gasteiger charge is 2.22. The molecule has 2 aromatic rings. The van der Waals surface area contributed by atoms with E-state index >= 15 is 0 Å². The van der Waals surface area contributed by atoms with Gasteiger partial charge in [-0.05, 0) is 32.9 Å². The number of aryl methyl sites for hydroxylation is 1. The van der Waals surface area contributed by atoms with Gasteiger partial charge in [-0.2, -0.15) is 0 Å². The zero-order valence-electron chi connectivity index (χ0n) is 14.4. The van der Waals surface area contributed by atoms with E-state index in [0.717, 1.165) is 5.56 Å². The van der Waals surface area contributed by atoms with Crippen molar-refractivity contribution >= 4 is 17.3 Å². The Labute approximate surface area is 145 Å². The van der Waals surface area contributed by atoms with Gasteiger partial charge in [0.25, 0.3) is 11.6 Å². The van der Waals surface area contributed by atoms with E-state index in [1.807, 2.05) is 6.92 Å². The van der Waals surface area contributed by atoms with Crippen LogP contribution in [-0.2, 0) is 0 Å². The first kappa shape index (κ1) is 18.3. The fourth-order valence-corrected chi connectivity index (χ4v) is 2.24. The molecule has 2 rings (SSSR count). The number of anilines is 1. The van der Waals surface area contributed by atoms with Crippen molar-refractivity contribution in [2.24, 2.45) is 0 Å². The number of ether oxygens (including phenoxy) is 2. The molecule has 7 heteroatoms. The number of hydrogen-bond donors (Lipinski definition) is 1. The van der Waals surface area contributed by atoms with Crippen LogP contribution in [0.15, 0.2) is 36.4 Å². The Morgan fingerprint density at radius 1 is 1.08 bits per heavy atom. The number of hydrogen-bond acceptors (Lipinski definition) is 5. The van der Waals surface area contributed by atoms with Gasteiger partial charge in [0, 0.05) is 11.6 Å². The van der Waals surface area contributed by atoms with Crippen molar-refractivity contribution in [1.82, 2.24) is 0 Å². The summed E-state index contributed by atoms with van der Waals surface area (Å²) >= 11 is 0. The number of nitrogens with one attached hydrogen (secondary N) is 1. The van der Waals surface area contributed by atoms with Gasteiger partial charge in [0.1, 0.15) is 5.69 Å². The second-order valence-electron chi connectivity index (χ2n) is 5.26. The van der Waals surface area contributed by atoms with Crippen LogP contribution >= 0.6 is 0 Å². The number of benzene rings is 2. The molecule has 0 radical (unpaired) electrons. The molecule has 0 aliphatic rings. The average molecular weight is 344 g/mol. The Bertz CT molecular complexity index is 772. The first-order valence-corrected chi connectivity index (χ1v) is 7.92. The van der Waals surface area contributed by atoms with Crippen LogP contribution in [0.4, 0.5) is 11.4 Å². The summed E-state index contributed by atoms with van der Waals surface area (Å²) in [5.74, 6) is 0.174. The van der Waals surface area contributed by atoms with E-state index in [1.54, 1.807) is 38.1 Å². The van der Waals surface area contributed by atoms with Gasteiger partial charge < -0.3 is 14.8 Å². The number of rotatable bonds is 7. The lowest BCUT2D eigenvalue weighted by Crippen LogP contribution is -2.13. The molecule has 0 atom stereocenters. The van der Waals surface area contributed by atoms with Crippen LogP contribution in [0.25, 0.3) is 0 Å². The molecular formula is C18H20N2O5. The van der Waals surface area contributed by atoms with Crippen LogP contribution < -0.4 is 14.8 Å². The molecule has 0 unspecified atom stereocenters. The van der Waals surface area contributed by atoms with Crippen molar-refractivity contribution in [3.05, 3.63) is 57.6 Å². The molecule has 0 aromatic heterocycles. The number of nitro groups is 1. The third kappa shape index (κ3) is 4.47. The molecule has 0 aliphatic carbocycles. The summed E-state index contributed by atoms with van der Waals surface area (Å²) in [6.07, 6.45) is 0. The minimum Gasteiger partial charge on any atom is -0.490 e. The molecule has 0 fully saturated rings. The number of nitrogens with zero attached hydrogens (tertiary/aromatic N) is 1. The van der Waals surface area contributed by atoms with Gasteiger partial charge in [-0.1, -0.05) is 17.7 Å². The molecule has 0 aliphatic heterocycles. The summed E-state index contributed by atoms with van der Waals surface area (Å²) < 4.78 is 10.9. The number of carbonyl (C=O) groups is 1. The minimum atomic E-state index is -0.566. The SMILES string of the molecule is CCOc1cc(NC(=O)c2ccc(C)cc2)c([N+](=O)[O-])cc1OCC. The summed E-state index contributed by atoms with van der Waals surface area (Å²) in [6.45, 7) is 6.18. The summed E-state index contributed by atoms with van der Waals surface area (Å²) in [6, 6.07) is 9.60. The fraction of sp³-hybridized carbons (Fsp3) is 0.278. The van der Waals surface area contributed by atoms with Crippen LogP contribution in [0.1, 0.15) is 29.8 Å². The third-order valence-electron chi connectivity index (χ3n) is 3.42. The standard InChI is InChI=1S/C18H20N2O5/c1-4-24-16-10-14(15(20(22)23)11-17(16)25-5-2)19-18(21)13-8-6-12(3)7-9-13/h6-11H,4-5H2,1-3H3,(H,19,21). The number of amides is 1. The first-order chi connectivity index (χ1) is 12.0. The monoisotopic (exact) mass is 344 g/mol. The Kier molecular flexibility index (Phi) is 5.94. The molecule has 1 N–H and O–H groups in total. The van der Waals surface area contributed by atoms with E-state index in [0.29, 0.717) is 24.5 Å². The second kappa shape index (κ2) is 8.14. The van der Waals surface area contributed by atoms with Crippen molar-refractivity contribution in [2.45, 2.75) is 20.8 Å². The van der Waals surface area contributed by atoms with Gasteiger partial charge in [-0.25, -0.2) is 0 Å². The molecule has 0 heterocycles. The number of nitro benzene ring substituents is 1. The van der Waals surface area contributed by atoms with E-state index in [-0.39, 0.29) is 17.1 Å². The van der Waals surface area contributed by atoms with Crippen LogP contribution in [-0.4, -0.2) is 24.0 Å². The Morgan fingerprint density at radius 2 is 1.64 bits per heavy atom. The topological polar surface area (TPSA) is 90.7 Å². The lowest BCUT2D eigenvalue weighted by molar-refractivity contribution is -0.384. The van der Waals surface area contributed by atoms with Gasteiger partial charge in [-0.3, -0.25) is 14.9 Å². The lowest BCUT2D eigenvalue weighted by Gasteiger charge is -2.13. The molecule has 0 bridgehead atoms. The van der Waals surface area contributed by atoms with E-state index in [4.69, 9.17) is 9.47 Å². The molecule has 0 saturated carbocycles. The van der Waals surface area contributed by atoms with Crippen LogP contribution in [0.2, 0.25) is 0 Å². The summed E-state index contributed by atoms with van der Waals surface area (Å²) in [4.78, 5) is 23.2. The van der Waals surface area contributed by atoms with E-state index < -0.39 is 10.8 Å². The summed E-state index contributed by atoms with van der Waals surface area (Å²) in [5.41, 5.74) is 1.23. The zero-order valence-corrected chi connectivity index (χ0v) is 14.4. The Hall–Kier alpha value is -3.09. The molecule has 2 aromatic carbocycles. The van der Waals surface area contributed by atoms with Crippen molar-refractivity contribution in [3.63, 3.8) is 0 Å². The van der Waals surface area contributed by atoms with Gasteiger partial charge in [0.05, 0.1) is 24.2 Å². The molecule has 25 heavy (non-hydrogen) atoms. The van der Waals surface area contributed by atoms with E-state index in [2.05, 4.69) is 5.32 Å². The van der Waals surface area contributed by atoms with Crippen molar-refractivity contribution in [3.8, 4) is 11.5 Å². The first-order valence-electron chi connectivity index (χ1n) is 7.92. The zero-order chi connectivity index (χ0) is 18.4. The largest absolute Gasteiger partial charge is 0.490 e. The van der Waals surface area contributed by atoms with Gasteiger partial charge in [0.15, 0.2) is 11.5 Å². The molecular weight excluding hydrogens is 324 g/mol. The molecule has 132 valence electrons. The van der Waals surface area contributed by atoms with E-state index in [9.17, 15) is 14.9 Å². The Morgan fingerprint density at radius 3 is 2.16 bits per heavy atom. The third-order valence-corrected chi connectivity index (χ3v) is 3.42. The number of carbonyl (C=O) groups excluding carboxylic acids is 1. The highest BCUT2D eigenvalue weighted by molar-refractivity contribution is 6.05. The quantitative estimate of drug-likeness (QED) is 0.606. The fourth-order valence-electron chi connectivity index (χ4n) is 2.24. The van der Waals surface area contributed by atoms with E-state index in [1.165, 1.54) is 12.1 Å². The maximum absolute atomic E-state index is 12.4. The maximum Gasteiger partial charge on any atom is 0.296 e. The maximum atomic E-state index is 12.4. The van der Waals surface area contributed by atoms with Crippen molar-refractivity contribution in [1.29, 1.82) is 0 Å². The van der Waals surface area contributed by atoms with Gasteiger partial charge in [0.2, 0.25) is 0 Å². The molecule has 0 saturated heterocycles. The predicted octanol–water partition coefficient (Wildman–Crippen LogP) is 3.95. The predicted molar refractivity (Wildman–Crippen MR) is 94.6 cm³/mol. The van der Waals surface area contributed by atoms with Gasteiger partial charge >= 0.3 is 0 Å². The lowest BCUT2D eigenvalue weighted by atomic mass is 10.1. The van der Waals surface area contributed by atoms with Crippen LogP contribution in [0, 0.1) is 17.0 Å². The smallest absolute Gasteiger partial charge is 0.296 e. The van der Waals surface area contributed by atoms with Crippen molar-refractivity contribution < 1.29 is 19.2 Å². The Balaban J connectivity index is 2.40. The molecule has 7 nitrogen and oxygen atoms in total. The molecule has 1 amide bonds.